The number of hydrogen-bond acceptors (Lipinski definition) is 5. The summed E-state index contributed by atoms with van der Waals surface area (Å²) in [7, 11) is 0. The SMILES string of the molecule is CC(C)(C)C(NCc1ccc(Cl)cc1Cl)C(=O)N1C[C@@H]2CCC[C@H]2C1C(=O)N[C@H](C=O)C[C@@H]1CCNC1=O. The predicted octanol–water partition coefficient (Wildman–Crippen LogP) is 3.33. The van der Waals surface area contributed by atoms with Gasteiger partial charge < -0.3 is 25.6 Å². The van der Waals surface area contributed by atoms with E-state index in [1.165, 1.54) is 0 Å². The molecule has 2 saturated heterocycles. The van der Waals surface area contributed by atoms with Crippen LogP contribution in [-0.4, -0.2) is 60.1 Å². The zero-order chi connectivity index (χ0) is 27.6. The summed E-state index contributed by atoms with van der Waals surface area (Å²) >= 11 is 12.4. The van der Waals surface area contributed by atoms with Crippen LogP contribution in [0, 0.1) is 23.2 Å². The van der Waals surface area contributed by atoms with E-state index in [1.54, 1.807) is 17.0 Å². The summed E-state index contributed by atoms with van der Waals surface area (Å²) in [4.78, 5) is 53.3. The van der Waals surface area contributed by atoms with Gasteiger partial charge in [0.2, 0.25) is 17.7 Å². The molecule has 4 rings (SSSR count). The van der Waals surface area contributed by atoms with Gasteiger partial charge in [-0.1, -0.05) is 56.5 Å². The van der Waals surface area contributed by atoms with Crippen molar-refractivity contribution < 1.29 is 19.2 Å². The second kappa shape index (κ2) is 11.9. The van der Waals surface area contributed by atoms with Crippen LogP contribution in [0.4, 0.5) is 0 Å². The Kier molecular flexibility index (Phi) is 9.05. The number of nitrogens with one attached hydrogen (secondary N) is 3. The molecule has 208 valence electrons. The molecule has 0 radical (unpaired) electrons. The molecular formula is C28H38Cl2N4O4. The van der Waals surface area contributed by atoms with Gasteiger partial charge in [-0.05, 0) is 60.6 Å². The van der Waals surface area contributed by atoms with Crippen molar-refractivity contribution in [3.05, 3.63) is 33.8 Å². The largest absolute Gasteiger partial charge is 0.356 e. The number of fused-ring (bicyclic) bond motifs is 1. The van der Waals surface area contributed by atoms with Crippen LogP contribution in [0.5, 0.6) is 0 Å². The van der Waals surface area contributed by atoms with E-state index in [4.69, 9.17) is 23.2 Å². The van der Waals surface area contributed by atoms with Crippen molar-refractivity contribution in [1.82, 2.24) is 20.9 Å². The highest BCUT2D eigenvalue weighted by Gasteiger charge is 2.51. The summed E-state index contributed by atoms with van der Waals surface area (Å²) < 4.78 is 0. The van der Waals surface area contributed by atoms with Gasteiger partial charge in [0.1, 0.15) is 12.3 Å². The number of amides is 3. The Morgan fingerprint density at radius 1 is 1.21 bits per heavy atom. The van der Waals surface area contributed by atoms with E-state index >= 15 is 0 Å². The Labute approximate surface area is 234 Å². The summed E-state index contributed by atoms with van der Waals surface area (Å²) in [5, 5.41) is 10.1. The first kappa shape index (κ1) is 28.8. The number of carbonyl (C=O) groups is 4. The zero-order valence-electron chi connectivity index (χ0n) is 22.3. The van der Waals surface area contributed by atoms with Gasteiger partial charge in [-0.15, -0.1) is 0 Å². The molecule has 10 heteroatoms. The summed E-state index contributed by atoms with van der Waals surface area (Å²) in [6.07, 6.45) is 4.49. The fourth-order valence-electron chi connectivity index (χ4n) is 6.27. The van der Waals surface area contributed by atoms with Crippen LogP contribution in [0.1, 0.15) is 58.4 Å². The van der Waals surface area contributed by atoms with Gasteiger partial charge in [0.25, 0.3) is 0 Å². The van der Waals surface area contributed by atoms with E-state index in [0.29, 0.717) is 42.4 Å². The molecule has 1 saturated carbocycles. The third kappa shape index (κ3) is 6.35. The van der Waals surface area contributed by atoms with Gasteiger partial charge in [0, 0.05) is 35.6 Å². The number of hydrogen-bond donors (Lipinski definition) is 3. The highest BCUT2D eigenvalue weighted by Crippen LogP contribution is 2.43. The van der Waals surface area contributed by atoms with Crippen LogP contribution in [0.25, 0.3) is 0 Å². The van der Waals surface area contributed by atoms with E-state index in [1.807, 2.05) is 26.8 Å². The fraction of sp³-hybridized carbons (Fsp3) is 0.643. The Balaban J connectivity index is 1.51. The number of carbonyl (C=O) groups excluding carboxylic acids is 4. The quantitative estimate of drug-likeness (QED) is 0.399. The van der Waals surface area contributed by atoms with E-state index < -0.39 is 23.5 Å². The number of rotatable bonds is 9. The van der Waals surface area contributed by atoms with Crippen LogP contribution in [0.2, 0.25) is 10.0 Å². The molecule has 6 atom stereocenters. The van der Waals surface area contributed by atoms with Gasteiger partial charge >= 0.3 is 0 Å². The summed E-state index contributed by atoms with van der Waals surface area (Å²) in [5.41, 5.74) is 0.394. The Hall–Kier alpha value is -2.16. The molecule has 1 aliphatic carbocycles. The molecule has 2 heterocycles. The Bertz CT molecular complexity index is 1080. The molecule has 1 aromatic rings. The lowest BCUT2D eigenvalue weighted by Crippen LogP contribution is -2.58. The second-order valence-corrected chi connectivity index (χ2v) is 12.8. The van der Waals surface area contributed by atoms with Crippen molar-refractivity contribution in [3.8, 4) is 0 Å². The minimum absolute atomic E-state index is 0.0624. The lowest BCUT2D eigenvalue weighted by molar-refractivity contribution is -0.143. The second-order valence-electron chi connectivity index (χ2n) is 12.0. The third-order valence-corrected chi connectivity index (χ3v) is 8.85. The Morgan fingerprint density at radius 3 is 2.61 bits per heavy atom. The van der Waals surface area contributed by atoms with Crippen molar-refractivity contribution in [3.63, 3.8) is 0 Å². The standard InChI is InChI=1S/C28H38Cl2N4O4/c1-28(2,3)24(32-13-17-7-8-19(29)12-22(17)30)27(38)34-14-18-5-4-6-21(18)23(34)26(37)33-20(15-35)11-16-9-10-31-25(16)36/h7-8,12,15-16,18,20-21,23-24,32H,4-6,9-11,13-14H2,1-3H3,(H,31,36)(H,33,37)/t16-,18-,20-,21+,23?,24?/m0/s1. The highest BCUT2D eigenvalue weighted by molar-refractivity contribution is 6.35. The van der Waals surface area contributed by atoms with E-state index in [2.05, 4.69) is 16.0 Å². The molecule has 38 heavy (non-hydrogen) atoms. The first-order valence-electron chi connectivity index (χ1n) is 13.5. The third-order valence-electron chi connectivity index (χ3n) is 8.26. The average Bonchev–Trinajstić information content (AvgIpc) is 3.55. The van der Waals surface area contributed by atoms with Gasteiger partial charge in [-0.2, -0.15) is 0 Å². The average molecular weight is 566 g/mol. The minimum atomic E-state index is -0.766. The lowest BCUT2D eigenvalue weighted by Gasteiger charge is -2.37. The number of benzene rings is 1. The van der Waals surface area contributed by atoms with E-state index in [0.717, 1.165) is 24.8 Å². The fourth-order valence-corrected chi connectivity index (χ4v) is 6.74. The number of aldehydes is 1. The van der Waals surface area contributed by atoms with Crippen molar-refractivity contribution in [1.29, 1.82) is 0 Å². The highest BCUT2D eigenvalue weighted by atomic mass is 35.5. The summed E-state index contributed by atoms with van der Waals surface area (Å²) in [6.45, 7) is 7.46. The summed E-state index contributed by atoms with van der Waals surface area (Å²) in [6, 6.07) is 3.31. The monoisotopic (exact) mass is 564 g/mol. The van der Waals surface area contributed by atoms with E-state index in [9.17, 15) is 19.2 Å². The molecule has 3 fully saturated rings. The van der Waals surface area contributed by atoms with E-state index in [-0.39, 0.29) is 41.9 Å². The Morgan fingerprint density at radius 2 is 1.97 bits per heavy atom. The number of halogens is 2. The molecule has 0 bridgehead atoms. The maximum atomic E-state index is 14.1. The minimum Gasteiger partial charge on any atom is -0.356 e. The molecular weight excluding hydrogens is 527 g/mol. The lowest BCUT2D eigenvalue weighted by atomic mass is 9.85. The van der Waals surface area contributed by atoms with Crippen LogP contribution >= 0.6 is 23.2 Å². The molecule has 2 aliphatic heterocycles. The number of likely N-dealkylation sites (tertiary alicyclic amines) is 1. The van der Waals surface area contributed by atoms with Crippen LogP contribution in [0.3, 0.4) is 0 Å². The molecule has 1 aromatic carbocycles. The van der Waals surface area contributed by atoms with Crippen molar-refractivity contribution in [2.24, 2.45) is 23.2 Å². The molecule has 3 aliphatic rings. The van der Waals surface area contributed by atoms with Crippen molar-refractivity contribution in [2.75, 3.05) is 13.1 Å². The van der Waals surface area contributed by atoms with Crippen LogP contribution in [0.15, 0.2) is 18.2 Å². The molecule has 0 aromatic heterocycles. The van der Waals surface area contributed by atoms with Gasteiger partial charge in [0.15, 0.2) is 0 Å². The van der Waals surface area contributed by atoms with Gasteiger partial charge in [-0.25, -0.2) is 0 Å². The van der Waals surface area contributed by atoms with Gasteiger partial charge in [0.05, 0.1) is 12.1 Å². The maximum absolute atomic E-state index is 14.1. The zero-order valence-corrected chi connectivity index (χ0v) is 23.8. The summed E-state index contributed by atoms with van der Waals surface area (Å²) in [5.74, 6) is -0.491. The van der Waals surface area contributed by atoms with Crippen LogP contribution in [-0.2, 0) is 25.7 Å². The topological polar surface area (TPSA) is 108 Å². The molecule has 3 amide bonds. The maximum Gasteiger partial charge on any atom is 0.243 e. The molecule has 2 unspecified atom stereocenters. The van der Waals surface area contributed by atoms with Crippen molar-refractivity contribution >= 4 is 47.2 Å². The first-order valence-corrected chi connectivity index (χ1v) is 14.3. The van der Waals surface area contributed by atoms with Gasteiger partial charge in [-0.3, -0.25) is 14.4 Å². The first-order chi connectivity index (χ1) is 18.0. The van der Waals surface area contributed by atoms with Crippen LogP contribution < -0.4 is 16.0 Å². The number of nitrogens with zero attached hydrogens (tertiary/aromatic N) is 1. The van der Waals surface area contributed by atoms with Crippen molar-refractivity contribution in [2.45, 2.75) is 77.5 Å². The molecule has 3 N–H and O–H groups in total. The predicted molar refractivity (Wildman–Crippen MR) is 147 cm³/mol. The molecule has 0 spiro atoms. The molecule has 8 nitrogen and oxygen atoms in total. The normalized spacial score (nSPS) is 26.6. The smallest absolute Gasteiger partial charge is 0.243 e.